The lowest BCUT2D eigenvalue weighted by Gasteiger charge is -2.18. The molecule has 27 heavy (non-hydrogen) atoms. The zero-order valence-electron chi connectivity index (χ0n) is 14.8. The van der Waals surface area contributed by atoms with Gasteiger partial charge in [-0.1, -0.05) is 46.3 Å². The zero-order chi connectivity index (χ0) is 18.8. The van der Waals surface area contributed by atoms with Gasteiger partial charge in [-0.05, 0) is 37.3 Å². The minimum Gasteiger partial charge on any atom is -0.505 e. The first-order chi connectivity index (χ1) is 13.1. The topological polar surface area (TPSA) is 59.3 Å². The van der Waals surface area contributed by atoms with E-state index in [0.717, 1.165) is 32.5 Å². The number of hydrogen-bond acceptors (Lipinski definition) is 3. The fraction of sp³-hybridized carbons (Fsp3) is 0.0909. The van der Waals surface area contributed by atoms with Gasteiger partial charge in [0.05, 0.1) is 6.20 Å². The van der Waals surface area contributed by atoms with Crippen LogP contribution in [0.5, 0.6) is 5.75 Å². The molecule has 2 aromatic heterocycles. The normalized spacial score (nSPS) is 12.1. The Kier molecular flexibility index (Phi) is 4.77. The van der Waals surface area contributed by atoms with Crippen LogP contribution >= 0.6 is 15.9 Å². The number of aryl methyl sites for hydroxylation is 1. The van der Waals surface area contributed by atoms with Crippen molar-refractivity contribution >= 4 is 32.7 Å². The van der Waals surface area contributed by atoms with E-state index in [9.17, 15) is 5.11 Å². The fourth-order valence-corrected chi connectivity index (χ4v) is 3.42. The molecule has 0 aliphatic heterocycles. The van der Waals surface area contributed by atoms with Crippen LogP contribution < -0.4 is 10.3 Å². The summed E-state index contributed by atoms with van der Waals surface area (Å²) in [5, 5.41) is 15.4. The first-order valence-electron chi connectivity index (χ1n) is 8.70. The molecule has 1 atom stereocenters. The van der Waals surface area contributed by atoms with Gasteiger partial charge in [0.25, 0.3) is 5.82 Å². The Morgan fingerprint density at radius 3 is 2.52 bits per heavy atom. The molecular formula is C22H19BrN3O+. The summed E-state index contributed by atoms with van der Waals surface area (Å²) in [5.74, 6) is 1.06. The van der Waals surface area contributed by atoms with Crippen LogP contribution in [0.15, 0.2) is 77.4 Å². The van der Waals surface area contributed by atoms with Gasteiger partial charge in [-0.3, -0.25) is 5.32 Å². The maximum atomic E-state index is 11.0. The number of phenols is 1. The highest BCUT2D eigenvalue weighted by atomic mass is 79.9. The van der Waals surface area contributed by atoms with E-state index in [1.165, 1.54) is 0 Å². The SMILES string of the molecule is Cc1ccc2ccc([C@H](Nc3cccc[nH+]3)c3ccc(Br)cc3)c(O)c2n1. The molecule has 0 aliphatic carbocycles. The van der Waals surface area contributed by atoms with E-state index in [-0.39, 0.29) is 11.8 Å². The summed E-state index contributed by atoms with van der Waals surface area (Å²) in [6.07, 6.45) is 1.87. The highest BCUT2D eigenvalue weighted by molar-refractivity contribution is 9.10. The molecule has 3 N–H and O–H groups in total. The molecule has 0 saturated heterocycles. The number of benzene rings is 2. The van der Waals surface area contributed by atoms with Gasteiger partial charge in [-0.2, -0.15) is 0 Å². The highest BCUT2D eigenvalue weighted by Gasteiger charge is 2.24. The fourth-order valence-electron chi connectivity index (χ4n) is 3.15. The van der Waals surface area contributed by atoms with Gasteiger partial charge in [0.2, 0.25) is 0 Å². The Labute approximate surface area is 166 Å². The molecule has 4 rings (SSSR count). The average Bonchev–Trinajstić information content (AvgIpc) is 2.69. The summed E-state index contributed by atoms with van der Waals surface area (Å²) in [7, 11) is 0. The molecule has 0 spiro atoms. The molecule has 2 aromatic carbocycles. The zero-order valence-corrected chi connectivity index (χ0v) is 16.4. The molecule has 0 radical (unpaired) electrons. The van der Waals surface area contributed by atoms with Gasteiger partial charge in [-0.15, -0.1) is 0 Å². The second kappa shape index (κ2) is 7.37. The Balaban J connectivity index is 1.86. The average molecular weight is 421 g/mol. The molecule has 0 amide bonds. The molecule has 2 heterocycles. The first kappa shape index (κ1) is 17.5. The van der Waals surface area contributed by atoms with E-state index < -0.39 is 0 Å². The van der Waals surface area contributed by atoms with Crippen LogP contribution in [0.1, 0.15) is 22.9 Å². The van der Waals surface area contributed by atoms with E-state index in [4.69, 9.17) is 0 Å². The lowest BCUT2D eigenvalue weighted by molar-refractivity contribution is -0.361. The summed E-state index contributed by atoms with van der Waals surface area (Å²) >= 11 is 3.49. The number of anilines is 1. The van der Waals surface area contributed by atoms with Gasteiger partial charge < -0.3 is 5.11 Å². The van der Waals surface area contributed by atoms with Crippen molar-refractivity contribution in [1.82, 2.24) is 4.98 Å². The standard InChI is InChI=1S/C22H18BrN3O/c1-14-5-6-16-9-12-18(22(27)21(16)25-14)20(15-7-10-17(23)11-8-15)26-19-4-2-3-13-24-19/h2-13,20,27H,1H3,(H,24,26)/p+1/t20-/m1/s1. The van der Waals surface area contributed by atoms with E-state index in [1.54, 1.807) is 0 Å². The van der Waals surface area contributed by atoms with Gasteiger partial charge in [0.15, 0.2) is 0 Å². The molecule has 4 nitrogen and oxygen atoms in total. The molecule has 4 aromatic rings. The van der Waals surface area contributed by atoms with Crippen LogP contribution in [0.2, 0.25) is 0 Å². The van der Waals surface area contributed by atoms with Crippen LogP contribution in [-0.4, -0.2) is 10.1 Å². The summed E-state index contributed by atoms with van der Waals surface area (Å²) in [4.78, 5) is 7.74. The summed E-state index contributed by atoms with van der Waals surface area (Å²) in [6.45, 7) is 1.93. The van der Waals surface area contributed by atoms with Crippen LogP contribution in [0.25, 0.3) is 10.9 Å². The lowest BCUT2D eigenvalue weighted by Crippen LogP contribution is -2.18. The van der Waals surface area contributed by atoms with Gasteiger partial charge in [0.1, 0.15) is 17.3 Å². The first-order valence-corrected chi connectivity index (χ1v) is 9.49. The third kappa shape index (κ3) is 3.64. The molecule has 0 fully saturated rings. The van der Waals surface area contributed by atoms with E-state index in [0.29, 0.717) is 5.52 Å². The quantitative estimate of drug-likeness (QED) is 0.486. The Bertz CT molecular complexity index is 1080. The largest absolute Gasteiger partial charge is 0.505 e. The highest BCUT2D eigenvalue weighted by Crippen LogP contribution is 2.36. The van der Waals surface area contributed by atoms with Crippen molar-refractivity contribution < 1.29 is 10.1 Å². The van der Waals surface area contributed by atoms with Crippen LogP contribution in [0.3, 0.4) is 0 Å². The van der Waals surface area contributed by atoms with Crippen molar-refractivity contribution in [3.8, 4) is 5.75 Å². The molecule has 0 saturated carbocycles. The van der Waals surface area contributed by atoms with E-state index in [1.807, 2.05) is 79.9 Å². The van der Waals surface area contributed by atoms with Gasteiger partial charge >= 0.3 is 0 Å². The minimum absolute atomic E-state index is 0.201. The number of rotatable bonds is 4. The van der Waals surface area contributed by atoms with Crippen LogP contribution in [0, 0.1) is 6.92 Å². The predicted molar refractivity (Wildman–Crippen MR) is 111 cm³/mol. The maximum Gasteiger partial charge on any atom is 0.272 e. The van der Waals surface area contributed by atoms with Crippen molar-refractivity contribution in [2.24, 2.45) is 0 Å². The molecule has 134 valence electrons. The number of H-pyrrole nitrogens is 1. The third-order valence-electron chi connectivity index (χ3n) is 4.53. The number of fused-ring (bicyclic) bond motifs is 1. The molecule has 0 bridgehead atoms. The Morgan fingerprint density at radius 1 is 1.00 bits per heavy atom. The van der Waals surface area contributed by atoms with E-state index >= 15 is 0 Å². The third-order valence-corrected chi connectivity index (χ3v) is 5.06. The lowest BCUT2D eigenvalue weighted by atomic mass is 9.96. The second-order valence-electron chi connectivity index (χ2n) is 6.43. The number of aromatic hydroxyl groups is 1. The van der Waals surface area contributed by atoms with Crippen molar-refractivity contribution in [2.75, 3.05) is 5.32 Å². The summed E-state index contributed by atoms with van der Waals surface area (Å²) in [5.41, 5.74) is 3.31. The molecule has 5 heteroatoms. The van der Waals surface area contributed by atoms with Crippen molar-refractivity contribution in [3.63, 3.8) is 0 Å². The molecular weight excluding hydrogens is 402 g/mol. The monoisotopic (exact) mass is 420 g/mol. The van der Waals surface area contributed by atoms with Crippen LogP contribution in [-0.2, 0) is 0 Å². The number of aromatic amines is 1. The summed E-state index contributed by atoms with van der Waals surface area (Å²) in [6, 6.07) is 21.6. The predicted octanol–water partition coefficient (Wildman–Crippen LogP) is 5.03. The van der Waals surface area contributed by atoms with Crippen molar-refractivity contribution in [1.29, 1.82) is 0 Å². The Hall–Kier alpha value is -2.92. The Morgan fingerprint density at radius 2 is 1.78 bits per heavy atom. The number of nitrogens with one attached hydrogen (secondary N) is 2. The number of phenolic OH excluding ortho intramolecular Hbond substituents is 1. The number of pyridine rings is 2. The molecule has 0 aliphatic rings. The number of hydrogen-bond donors (Lipinski definition) is 2. The van der Waals surface area contributed by atoms with Crippen molar-refractivity contribution in [3.05, 3.63) is 94.2 Å². The van der Waals surface area contributed by atoms with Gasteiger partial charge in [0, 0.05) is 32.7 Å². The molecule has 0 unspecified atom stereocenters. The van der Waals surface area contributed by atoms with Crippen molar-refractivity contribution in [2.45, 2.75) is 13.0 Å². The van der Waals surface area contributed by atoms with Gasteiger partial charge in [-0.25, -0.2) is 9.97 Å². The van der Waals surface area contributed by atoms with Crippen LogP contribution in [0.4, 0.5) is 5.82 Å². The smallest absolute Gasteiger partial charge is 0.272 e. The summed E-state index contributed by atoms with van der Waals surface area (Å²) < 4.78 is 1.01. The second-order valence-corrected chi connectivity index (χ2v) is 7.35. The maximum absolute atomic E-state index is 11.0. The number of halogens is 1. The number of nitrogens with zero attached hydrogens (tertiary/aromatic N) is 1. The minimum atomic E-state index is -0.233. The number of aromatic nitrogens is 2. The van der Waals surface area contributed by atoms with E-state index in [2.05, 4.69) is 31.2 Å².